The molecule has 1 aromatic heterocycles. The number of ether oxygens (including phenoxy) is 2. The number of thiazole rings is 1. The van der Waals surface area contributed by atoms with Crippen LogP contribution in [0.1, 0.15) is 76.9 Å². The first kappa shape index (κ1) is 25.1. The molecule has 2 saturated heterocycles. The molecule has 0 aliphatic carbocycles. The fourth-order valence-corrected chi connectivity index (χ4v) is 5.14. The predicted molar refractivity (Wildman–Crippen MR) is 125 cm³/mol. The van der Waals surface area contributed by atoms with Gasteiger partial charge in [-0.2, -0.15) is 0 Å². The lowest BCUT2D eigenvalue weighted by atomic mass is 9.82. The molecule has 6 nitrogen and oxygen atoms in total. The van der Waals surface area contributed by atoms with Crippen molar-refractivity contribution in [3.8, 4) is 0 Å². The first-order valence-corrected chi connectivity index (χ1v) is 12.7. The summed E-state index contributed by atoms with van der Waals surface area (Å²) < 4.78 is 11.7. The number of epoxide rings is 1. The minimum Gasteiger partial charge on any atom is -0.458 e. The highest BCUT2D eigenvalue weighted by Gasteiger charge is 2.41. The topological polar surface area (TPSA) is 89.0 Å². The van der Waals surface area contributed by atoms with Crippen molar-refractivity contribution in [3.63, 3.8) is 0 Å². The van der Waals surface area contributed by atoms with Crippen LogP contribution < -0.4 is 0 Å². The lowest BCUT2D eigenvalue weighted by Gasteiger charge is -2.26. The summed E-state index contributed by atoms with van der Waals surface area (Å²) in [6.45, 7) is 9.58. The molecule has 3 unspecified atom stereocenters. The normalized spacial score (nSPS) is 35.8. The van der Waals surface area contributed by atoms with Gasteiger partial charge >= 0.3 is 5.97 Å². The van der Waals surface area contributed by atoms with Crippen LogP contribution in [-0.2, 0) is 19.1 Å². The highest BCUT2D eigenvalue weighted by molar-refractivity contribution is 7.09. The van der Waals surface area contributed by atoms with Gasteiger partial charge in [0.1, 0.15) is 11.9 Å². The van der Waals surface area contributed by atoms with E-state index in [0.717, 1.165) is 35.5 Å². The molecule has 1 aromatic rings. The Kier molecular flexibility index (Phi) is 8.64. The van der Waals surface area contributed by atoms with Crippen LogP contribution >= 0.6 is 11.3 Å². The van der Waals surface area contributed by atoms with Crippen molar-refractivity contribution in [1.29, 1.82) is 0 Å². The Bertz CT molecular complexity index is 834. The fourth-order valence-electron chi connectivity index (χ4n) is 4.57. The summed E-state index contributed by atoms with van der Waals surface area (Å²) in [6.07, 6.45) is 5.15. The Labute approximate surface area is 195 Å². The molecule has 2 aliphatic heterocycles. The third-order valence-electron chi connectivity index (χ3n) is 6.89. The summed E-state index contributed by atoms with van der Waals surface area (Å²) >= 11 is 1.59. The second-order valence-corrected chi connectivity index (χ2v) is 10.7. The zero-order chi connectivity index (χ0) is 23.4. The minimum atomic E-state index is -0.660. The molecule has 7 heteroatoms. The largest absolute Gasteiger partial charge is 0.458 e. The molecule has 3 heterocycles. The number of hydrogen-bond donors (Lipinski definition) is 1. The number of carbonyl (C=O) groups is 2. The number of Topliss-reactive ketones (excluding diaryl/α,β-unsaturated/α-hetero) is 1. The average molecular weight is 464 g/mol. The van der Waals surface area contributed by atoms with Crippen LogP contribution in [0.4, 0.5) is 0 Å². The standard InChI is InChI=1S/C25H37NO5S/c1-14-7-6-8-20-22(30-20)12-21(16(3)11-19-13-32-18(5)26-19)31-23(27)10-9-15(2)25(29)17(4)24(14)28/h11,13-15,17,20-22,24,28H,6-10,12H2,1-5H3/t14-,15+,17+,20?,21?,22?,24-/m0/s1. The monoisotopic (exact) mass is 463 g/mol. The summed E-state index contributed by atoms with van der Waals surface area (Å²) in [7, 11) is 0. The van der Waals surface area contributed by atoms with Gasteiger partial charge in [0.15, 0.2) is 0 Å². The van der Waals surface area contributed by atoms with Gasteiger partial charge in [-0.05, 0) is 50.7 Å². The number of aromatic nitrogens is 1. The van der Waals surface area contributed by atoms with Gasteiger partial charge in [0, 0.05) is 30.1 Å². The van der Waals surface area contributed by atoms with E-state index < -0.39 is 12.0 Å². The van der Waals surface area contributed by atoms with Crippen molar-refractivity contribution < 1.29 is 24.2 Å². The smallest absolute Gasteiger partial charge is 0.306 e. The van der Waals surface area contributed by atoms with E-state index in [1.165, 1.54) is 0 Å². The number of carbonyl (C=O) groups excluding carboxylic acids is 2. The number of aliphatic hydroxyl groups excluding tert-OH is 1. The van der Waals surface area contributed by atoms with Crippen molar-refractivity contribution in [3.05, 3.63) is 21.7 Å². The van der Waals surface area contributed by atoms with Crippen molar-refractivity contribution in [2.45, 2.75) is 97.6 Å². The lowest BCUT2D eigenvalue weighted by molar-refractivity contribution is -0.148. The maximum atomic E-state index is 12.8. The Hall–Kier alpha value is -1.57. The average Bonchev–Trinajstić information content (AvgIpc) is 3.37. The van der Waals surface area contributed by atoms with Crippen LogP contribution in [0.25, 0.3) is 6.08 Å². The van der Waals surface area contributed by atoms with Crippen molar-refractivity contribution in [2.75, 3.05) is 0 Å². The van der Waals surface area contributed by atoms with E-state index in [2.05, 4.69) is 4.98 Å². The number of rotatable bonds is 2. The van der Waals surface area contributed by atoms with Gasteiger partial charge in [0.05, 0.1) is 29.0 Å². The number of cyclic esters (lactones) is 1. The van der Waals surface area contributed by atoms with Gasteiger partial charge in [-0.1, -0.05) is 27.2 Å². The van der Waals surface area contributed by atoms with Crippen LogP contribution in [0.3, 0.4) is 0 Å². The molecule has 0 bridgehead atoms. The molecule has 7 atom stereocenters. The third kappa shape index (κ3) is 6.72. The summed E-state index contributed by atoms with van der Waals surface area (Å²) in [5, 5.41) is 13.6. The zero-order valence-corrected chi connectivity index (χ0v) is 20.7. The van der Waals surface area contributed by atoms with E-state index in [4.69, 9.17) is 9.47 Å². The number of hydrogen-bond acceptors (Lipinski definition) is 7. The summed E-state index contributed by atoms with van der Waals surface area (Å²) in [4.78, 5) is 29.9. The second-order valence-electron chi connectivity index (χ2n) is 9.64. The number of aryl methyl sites for hydroxylation is 1. The molecule has 178 valence electrons. The number of fused-ring (bicyclic) bond motifs is 1. The maximum absolute atomic E-state index is 12.8. The molecule has 0 radical (unpaired) electrons. The molecule has 0 spiro atoms. The van der Waals surface area contributed by atoms with Crippen LogP contribution in [0.5, 0.6) is 0 Å². The predicted octanol–water partition coefficient (Wildman–Crippen LogP) is 4.73. The quantitative estimate of drug-likeness (QED) is 0.504. The molecule has 1 N–H and O–H groups in total. The fraction of sp³-hybridized carbons (Fsp3) is 0.720. The van der Waals surface area contributed by atoms with Gasteiger partial charge in [-0.25, -0.2) is 4.98 Å². The van der Waals surface area contributed by atoms with Crippen LogP contribution in [0.15, 0.2) is 11.0 Å². The SMILES string of the molecule is CC(=Cc1csc(C)n1)C1CC2OC2CCC[C@H](C)[C@H](O)[C@@H](C)C(=O)[C@H](C)CCC(=O)O1. The molecule has 0 saturated carbocycles. The maximum Gasteiger partial charge on any atom is 0.306 e. The third-order valence-corrected chi connectivity index (χ3v) is 7.68. The van der Waals surface area contributed by atoms with E-state index in [9.17, 15) is 14.7 Å². The van der Waals surface area contributed by atoms with E-state index in [1.54, 1.807) is 18.3 Å². The Morgan fingerprint density at radius 3 is 2.62 bits per heavy atom. The highest BCUT2D eigenvalue weighted by atomic mass is 32.1. The lowest BCUT2D eigenvalue weighted by Crippen LogP contribution is -2.34. The number of esters is 1. The molecule has 2 fully saturated rings. The van der Waals surface area contributed by atoms with Crippen molar-refractivity contribution in [2.24, 2.45) is 17.8 Å². The number of nitrogens with zero attached hydrogens (tertiary/aromatic N) is 1. The molecule has 0 aromatic carbocycles. The van der Waals surface area contributed by atoms with E-state index in [-0.39, 0.29) is 48.3 Å². The van der Waals surface area contributed by atoms with Crippen molar-refractivity contribution in [1.82, 2.24) is 4.98 Å². The molecule has 0 amide bonds. The molecule has 32 heavy (non-hydrogen) atoms. The molecular weight excluding hydrogens is 426 g/mol. The number of ketones is 1. The van der Waals surface area contributed by atoms with E-state index in [0.29, 0.717) is 12.8 Å². The Morgan fingerprint density at radius 2 is 1.94 bits per heavy atom. The molecular formula is C25H37NO5S. The second kappa shape index (κ2) is 11.0. The van der Waals surface area contributed by atoms with Crippen LogP contribution in [0, 0.1) is 24.7 Å². The number of aliphatic hydroxyl groups is 1. The zero-order valence-electron chi connectivity index (χ0n) is 19.9. The minimum absolute atomic E-state index is 0.0152. The summed E-state index contributed by atoms with van der Waals surface area (Å²) in [5.41, 5.74) is 1.83. The summed E-state index contributed by atoms with van der Waals surface area (Å²) in [6, 6.07) is 0. The van der Waals surface area contributed by atoms with Gasteiger partial charge in [-0.15, -0.1) is 11.3 Å². The van der Waals surface area contributed by atoms with Gasteiger partial charge in [0.2, 0.25) is 0 Å². The van der Waals surface area contributed by atoms with Gasteiger partial charge < -0.3 is 14.6 Å². The molecule has 3 rings (SSSR count). The van der Waals surface area contributed by atoms with Gasteiger partial charge in [0.25, 0.3) is 0 Å². The van der Waals surface area contributed by atoms with Gasteiger partial charge in [-0.3, -0.25) is 9.59 Å². The van der Waals surface area contributed by atoms with E-state index >= 15 is 0 Å². The first-order valence-electron chi connectivity index (χ1n) is 11.8. The van der Waals surface area contributed by atoms with Crippen molar-refractivity contribution >= 4 is 29.2 Å². The van der Waals surface area contributed by atoms with E-state index in [1.807, 2.05) is 39.2 Å². The highest BCUT2D eigenvalue weighted by Crippen LogP contribution is 2.35. The Morgan fingerprint density at radius 1 is 1.19 bits per heavy atom. The Balaban J connectivity index is 1.73. The van der Waals surface area contributed by atoms with Crippen LogP contribution in [0.2, 0.25) is 0 Å². The molecule has 2 aliphatic rings. The first-order chi connectivity index (χ1) is 15.2. The summed E-state index contributed by atoms with van der Waals surface area (Å²) in [5.74, 6) is -0.968. The van der Waals surface area contributed by atoms with Crippen LogP contribution in [-0.4, -0.2) is 46.3 Å².